The Hall–Kier alpha value is -4.76. The lowest BCUT2D eigenvalue weighted by Gasteiger charge is -2.12. The van der Waals surface area contributed by atoms with Crippen molar-refractivity contribution in [2.24, 2.45) is 10.2 Å². The minimum absolute atomic E-state index is 0.0236. The molecular weight excluding hydrogens is 520 g/mol. The molecule has 1 aliphatic rings. The van der Waals surface area contributed by atoms with Gasteiger partial charge in [-0.3, -0.25) is 14.5 Å². The van der Waals surface area contributed by atoms with Crippen molar-refractivity contribution in [3.05, 3.63) is 115 Å². The minimum Gasteiger partial charge on any atom is -0.326 e. The van der Waals surface area contributed by atoms with Crippen LogP contribution in [0, 0.1) is 6.92 Å². The van der Waals surface area contributed by atoms with Crippen LogP contribution < -0.4 is 5.32 Å². The summed E-state index contributed by atoms with van der Waals surface area (Å²) in [6.45, 7) is 6.02. The van der Waals surface area contributed by atoms with Crippen molar-refractivity contribution in [3.63, 3.8) is 0 Å². The lowest BCUT2D eigenvalue weighted by Crippen LogP contribution is -2.33. The van der Waals surface area contributed by atoms with Crippen LogP contribution in [0.15, 0.2) is 114 Å². The Balaban J connectivity index is 1.36. The van der Waals surface area contributed by atoms with E-state index in [0.29, 0.717) is 10.9 Å². The lowest BCUT2D eigenvalue weighted by atomic mass is 10.1. The second-order valence-electron chi connectivity index (χ2n) is 9.17. The van der Waals surface area contributed by atoms with Crippen molar-refractivity contribution < 1.29 is 9.59 Å². The van der Waals surface area contributed by atoms with Gasteiger partial charge in [0.15, 0.2) is 5.17 Å². The van der Waals surface area contributed by atoms with Gasteiger partial charge >= 0.3 is 0 Å². The van der Waals surface area contributed by atoms with Gasteiger partial charge in [-0.2, -0.15) is 10.2 Å². The Bertz CT molecular complexity index is 1560. The third-order valence-electron chi connectivity index (χ3n) is 6.19. The number of benzene rings is 3. The van der Waals surface area contributed by atoms with Crippen LogP contribution in [-0.2, 0) is 9.59 Å². The van der Waals surface area contributed by atoms with Crippen molar-refractivity contribution in [1.82, 2.24) is 14.7 Å². The number of nitrogens with one attached hydrogen (secondary N) is 1. The zero-order chi connectivity index (χ0) is 27.9. The standard InChI is InChI=1S/C31H28N6O2S/c1-3-18-36-30(39)27(19-28(38)33-25-16-14-22(2)15-17-25)40-31(36)34-32-20-24-21-37(26-12-8-5-9-13-26)35-29(24)23-10-6-4-7-11-23/h3-17,20-21,27H,1,18-19H2,2H3,(H,33,38)/b32-20+,34-31-. The average Bonchev–Trinajstić information content (AvgIpc) is 3.52. The molecule has 4 aromatic rings. The highest BCUT2D eigenvalue weighted by Gasteiger charge is 2.38. The van der Waals surface area contributed by atoms with Gasteiger partial charge in [0.05, 0.1) is 11.9 Å². The topological polar surface area (TPSA) is 92.0 Å². The first-order valence-electron chi connectivity index (χ1n) is 12.8. The van der Waals surface area contributed by atoms with E-state index < -0.39 is 5.25 Å². The Kier molecular flexibility index (Phi) is 8.32. The number of amides is 2. The van der Waals surface area contributed by atoms with Crippen molar-refractivity contribution in [3.8, 4) is 16.9 Å². The fourth-order valence-corrected chi connectivity index (χ4v) is 5.29. The van der Waals surface area contributed by atoms with Crippen molar-refractivity contribution >= 4 is 40.6 Å². The average molecular weight is 549 g/mol. The zero-order valence-electron chi connectivity index (χ0n) is 22.0. The summed E-state index contributed by atoms with van der Waals surface area (Å²) in [4.78, 5) is 27.3. The highest BCUT2D eigenvalue weighted by molar-refractivity contribution is 8.15. The van der Waals surface area contributed by atoms with Crippen molar-refractivity contribution in [2.45, 2.75) is 18.6 Å². The van der Waals surface area contributed by atoms with E-state index in [2.05, 4.69) is 22.1 Å². The molecular formula is C31H28N6O2S. The van der Waals surface area contributed by atoms with Crippen molar-refractivity contribution in [2.75, 3.05) is 11.9 Å². The van der Waals surface area contributed by atoms with E-state index in [-0.39, 0.29) is 24.8 Å². The summed E-state index contributed by atoms with van der Waals surface area (Å²) < 4.78 is 1.80. The summed E-state index contributed by atoms with van der Waals surface area (Å²) in [6.07, 6.45) is 5.18. The molecule has 9 heteroatoms. The van der Waals surface area contributed by atoms with E-state index in [4.69, 9.17) is 5.10 Å². The summed E-state index contributed by atoms with van der Waals surface area (Å²) in [6, 6.07) is 27.2. The number of anilines is 1. The Morgan fingerprint density at radius 1 is 1.05 bits per heavy atom. The molecule has 0 aliphatic carbocycles. The maximum absolute atomic E-state index is 13.1. The monoisotopic (exact) mass is 548 g/mol. The second-order valence-corrected chi connectivity index (χ2v) is 10.3. The number of carbonyl (C=O) groups is 2. The molecule has 3 aromatic carbocycles. The number of amidine groups is 1. The molecule has 2 heterocycles. The predicted octanol–water partition coefficient (Wildman–Crippen LogP) is 5.70. The molecule has 0 bridgehead atoms. The molecule has 1 N–H and O–H groups in total. The number of aryl methyl sites for hydroxylation is 1. The van der Waals surface area contributed by atoms with Gasteiger partial charge in [0, 0.05) is 36.0 Å². The summed E-state index contributed by atoms with van der Waals surface area (Å²) >= 11 is 1.23. The summed E-state index contributed by atoms with van der Waals surface area (Å²) in [5.41, 5.74) is 5.20. The maximum Gasteiger partial charge on any atom is 0.243 e. The van der Waals surface area contributed by atoms with Gasteiger partial charge < -0.3 is 5.32 Å². The highest BCUT2D eigenvalue weighted by atomic mass is 32.2. The largest absolute Gasteiger partial charge is 0.326 e. The number of hydrogen-bond acceptors (Lipinski definition) is 6. The quantitative estimate of drug-likeness (QED) is 0.165. The van der Waals surface area contributed by atoms with E-state index in [0.717, 1.165) is 28.1 Å². The van der Waals surface area contributed by atoms with Crippen LogP contribution in [-0.4, -0.2) is 49.7 Å². The van der Waals surface area contributed by atoms with E-state index in [1.54, 1.807) is 17.0 Å². The van der Waals surface area contributed by atoms with Gasteiger partial charge in [-0.15, -0.1) is 11.7 Å². The van der Waals surface area contributed by atoms with E-state index in [1.807, 2.05) is 98.0 Å². The number of aromatic nitrogens is 2. The molecule has 0 saturated carbocycles. The van der Waals surface area contributed by atoms with Crippen molar-refractivity contribution in [1.29, 1.82) is 0 Å². The van der Waals surface area contributed by atoms with Crippen LogP contribution in [0.3, 0.4) is 0 Å². The molecule has 0 spiro atoms. The first kappa shape index (κ1) is 26.8. The van der Waals surface area contributed by atoms with Gasteiger partial charge in [0.1, 0.15) is 10.9 Å². The molecule has 1 fully saturated rings. The number of rotatable bonds is 9. The fraction of sp³-hybridized carbons (Fsp3) is 0.129. The molecule has 5 rings (SSSR count). The first-order chi connectivity index (χ1) is 19.5. The van der Waals surface area contributed by atoms with Gasteiger partial charge in [0.25, 0.3) is 0 Å². The highest BCUT2D eigenvalue weighted by Crippen LogP contribution is 2.30. The van der Waals surface area contributed by atoms with Crippen LogP contribution in [0.25, 0.3) is 16.9 Å². The van der Waals surface area contributed by atoms with Gasteiger partial charge in [0.2, 0.25) is 11.8 Å². The van der Waals surface area contributed by atoms with Gasteiger partial charge in [-0.05, 0) is 31.2 Å². The maximum atomic E-state index is 13.1. The molecule has 0 radical (unpaired) electrons. The molecule has 1 unspecified atom stereocenters. The van der Waals surface area contributed by atoms with Crippen LogP contribution in [0.5, 0.6) is 0 Å². The van der Waals surface area contributed by atoms with Crippen LogP contribution in [0.2, 0.25) is 0 Å². The number of hydrogen-bond donors (Lipinski definition) is 1. The summed E-state index contributed by atoms with van der Waals surface area (Å²) in [7, 11) is 0. The number of nitrogens with zero attached hydrogens (tertiary/aromatic N) is 5. The normalized spacial score (nSPS) is 16.1. The molecule has 1 aliphatic heterocycles. The zero-order valence-corrected chi connectivity index (χ0v) is 22.8. The molecule has 1 saturated heterocycles. The number of para-hydroxylation sites is 1. The van der Waals surface area contributed by atoms with E-state index in [9.17, 15) is 9.59 Å². The second kappa shape index (κ2) is 12.4. The Morgan fingerprint density at radius 3 is 2.45 bits per heavy atom. The van der Waals surface area contributed by atoms with Gasteiger partial charge in [-0.1, -0.05) is 84.1 Å². The number of carbonyl (C=O) groups excluding carboxylic acids is 2. The molecule has 1 atom stereocenters. The molecule has 200 valence electrons. The summed E-state index contributed by atoms with van der Waals surface area (Å²) in [5, 5.41) is 16.2. The number of thioether (sulfide) groups is 1. The third kappa shape index (κ3) is 6.27. The van der Waals surface area contributed by atoms with E-state index in [1.165, 1.54) is 16.7 Å². The van der Waals surface area contributed by atoms with Crippen LogP contribution >= 0.6 is 11.8 Å². The molecule has 2 amide bonds. The van der Waals surface area contributed by atoms with Gasteiger partial charge in [-0.25, -0.2) is 4.68 Å². The summed E-state index contributed by atoms with van der Waals surface area (Å²) in [5.74, 6) is -0.432. The predicted molar refractivity (Wildman–Crippen MR) is 162 cm³/mol. The Labute approximate surface area is 237 Å². The molecule has 40 heavy (non-hydrogen) atoms. The smallest absolute Gasteiger partial charge is 0.243 e. The Morgan fingerprint density at radius 2 is 1.75 bits per heavy atom. The SMILES string of the molecule is C=CCN1C(=O)C(CC(=O)Nc2ccc(C)cc2)S/C1=N\N=C\c1cn(-c2ccccc2)nc1-c1ccccc1. The third-order valence-corrected chi connectivity index (χ3v) is 7.35. The van der Waals surface area contributed by atoms with Crippen LogP contribution in [0.4, 0.5) is 5.69 Å². The molecule has 8 nitrogen and oxygen atoms in total. The van der Waals surface area contributed by atoms with E-state index >= 15 is 0 Å². The fourth-order valence-electron chi connectivity index (χ4n) is 4.19. The lowest BCUT2D eigenvalue weighted by molar-refractivity contribution is -0.127. The molecule has 1 aromatic heterocycles. The van der Waals surface area contributed by atoms with Crippen LogP contribution in [0.1, 0.15) is 17.5 Å². The first-order valence-corrected chi connectivity index (χ1v) is 13.7. The minimum atomic E-state index is -0.597.